The average molecular weight is 510 g/mol. The number of rotatable bonds is 10. The second-order valence-electron chi connectivity index (χ2n) is 9.33. The molecule has 1 aliphatic rings. The minimum atomic E-state index is -0.515. The monoisotopic (exact) mass is 509 g/mol. The topological polar surface area (TPSA) is 106 Å². The third-order valence-electron chi connectivity index (χ3n) is 6.35. The van der Waals surface area contributed by atoms with E-state index in [-0.39, 0.29) is 29.7 Å². The Labute approximate surface area is 215 Å². The van der Waals surface area contributed by atoms with Crippen molar-refractivity contribution in [1.82, 2.24) is 14.9 Å². The predicted octanol–water partition coefficient (Wildman–Crippen LogP) is 4.51. The van der Waals surface area contributed by atoms with E-state index in [2.05, 4.69) is 34.4 Å². The van der Waals surface area contributed by atoms with Gasteiger partial charge in [-0.15, -0.1) is 0 Å². The molecule has 1 fully saturated rings. The largest absolute Gasteiger partial charge is 0.491 e. The molecule has 1 aliphatic heterocycles. The van der Waals surface area contributed by atoms with Crippen LogP contribution in [0.25, 0.3) is 10.9 Å². The minimum absolute atomic E-state index is 0.142. The number of ether oxygens (including phenoxy) is 2. The third-order valence-corrected chi connectivity index (χ3v) is 6.35. The van der Waals surface area contributed by atoms with Crippen LogP contribution in [0.1, 0.15) is 33.1 Å². The molecule has 4 rings (SSSR count). The Morgan fingerprint density at radius 2 is 1.89 bits per heavy atom. The molecule has 9 nitrogen and oxygen atoms in total. The zero-order valence-electron chi connectivity index (χ0n) is 21.3. The summed E-state index contributed by atoms with van der Waals surface area (Å²) in [5.74, 6) is 0.0170. The Morgan fingerprint density at radius 1 is 1.14 bits per heavy atom. The van der Waals surface area contributed by atoms with Gasteiger partial charge in [0.15, 0.2) is 0 Å². The van der Waals surface area contributed by atoms with Crippen molar-refractivity contribution in [2.24, 2.45) is 5.92 Å². The quantitative estimate of drug-likeness (QED) is 0.306. The maximum atomic E-state index is 14.9. The van der Waals surface area contributed by atoms with Gasteiger partial charge in [-0.05, 0) is 43.0 Å². The fraction of sp³-hybridized carbons (Fsp3) is 0.407. The van der Waals surface area contributed by atoms with Crippen LogP contribution in [0.2, 0.25) is 0 Å². The number of carbonyl (C=O) groups excluding carboxylic acids is 2. The molecule has 0 radical (unpaired) electrons. The van der Waals surface area contributed by atoms with E-state index in [9.17, 15) is 14.0 Å². The summed E-state index contributed by atoms with van der Waals surface area (Å²) in [4.78, 5) is 35.3. The number of anilines is 3. The highest BCUT2D eigenvalue weighted by Crippen LogP contribution is 2.30. The van der Waals surface area contributed by atoms with E-state index in [1.807, 2.05) is 4.90 Å². The van der Waals surface area contributed by atoms with E-state index in [0.29, 0.717) is 54.1 Å². The smallest absolute Gasteiger partial charge is 0.233 e. The van der Waals surface area contributed by atoms with Crippen LogP contribution in [0.15, 0.2) is 42.7 Å². The van der Waals surface area contributed by atoms with Crippen LogP contribution < -0.4 is 15.4 Å². The summed E-state index contributed by atoms with van der Waals surface area (Å²) in [5, 5.41) is 6.11. The molecule has 0 bridgehead atoms. The van der Waals surface area contributed by atoms with Gasteiger partial charge < -0.3 is 25.0 Å². The molecular weight excluding hydrogens is 477 g/mol. The van der Waals surface area contributed by atoms with Gasteiger partial charge in [0.2, 0.25) is 11.8 Å². The predicted molar refractivity (Wildman–Crippen MR) is 139 cm³/mol. The number of carbonyl (C=O) groups is 2. The van der Waals surface area contributed by atoms with E-state index in [1.54, 1.807) is 37.4 Å². The van der Waals surface area contributed by atoms with Crippen LogP contribution in [0, 0.1) is 11.7 Å². The molecule has 1 aromatic heterocycles. The van der Waals surface area contributed by atoms with Crippen LogP contribution in [-0.2, 0) is 14.3 Å². The molecule has 0 spiro atoms. The molecule has 37 heavy (non-hydrogen) atoms. The van der Waals surface area contributed by atoms with E-state index in [1.165, 1.54) is 12.4 Å². The Morgan fingerprint density at radius 3 is 2.62 bits per heavy atom. The summed E-state index contributed by atoms with van der Waals surface area (Å²) in [6.45, 7) is 5.59. The van der Waals surface area contributed by atoms with Gasteiger partial charge in [-0.2, -0.15) is 0 Å². The molecule has 2 aromatic carbocycles. The fourth-order valence-corrected chi connectivity index (χ4v) is 4.55. The summed E-state index contributed by atoms with van der Waals surface area (Å²) in [5.41, 5.74) is 1.60. The highest BCUT2D eigenvalue weighted by Gasteiger charge is 2.31. The van der Waals surface area contributed by atoms with Crippen LogP contribution >= 0.6 is 0 Å². The van der Waals surface area contributed by atoms with Crippen LogP contribution in [0.5, 0.6) is 5.75 Å². The first-order chi connectivity index (χ1) is 17.9. The van der Waals surface area contributed by atoms with Crippen molar-refractivity contribution in [2.45, 2.75) is 39.2 Å². The Bertz CT molecular complexity index is 1250. The molecule has 10 heteroatoms. The lowest BCUT2D eigenvalue weighted by molar-refractivity contribution is -0.135. The van der Waals surface area contributed by atoms with Gasteiger partial charge in [0.25, 0.3) is 0 Å². The Balaban J connectivity index is 1.39. The molecule has 0 aliphatic carbocycles. The van der Waals surface area contributed by atoms with Crippen LogP contribution in [0.4, 0.5) is 21.6 Å². The van der Waals surface area contributed by atoms with Crippen LogP contribution in [0.3, 0.4) is 0 Å². The summed E-state index contributed by atoms with van der Waals surface area (Å²) < 4.78 is 25.4. The summed E-state index contributed by atoms with van der Waals surface area (Å²) >= 11 is 0. The number of methoxy groups -OCH3 is 1. The molecular formula is C27H32FN5O4. The maximum absolute atomic E-state index is 14.9. The van der Waals surface area contributed by atoms with Gasteiger partial charge in [0, 0.05) is 43.2 Å². The molecule has 2 heterocycles. The summed E-state index contributed by atoms with van der Waals surface area (Å²) in [6, 6.07) is 10.0. The normalized spacial score (nSPS) is 15.3. The molecule has 2 amide bonds. The fourth-order valence-electron chi connectivity index (χ4n) is 4.55. The number of hydrogen-bond donors (Lipinski definition) is 2. The number of halogens is 1. The lowest BCUT2D eigenvalue weighted by atomic mass is 10.0. The second kappa shape index (κ2) is 12.0. The average Bonchev–Trinajstić information content (AvgIpc) is 3.36. The zero-order valence-corrected chi connectivity index (χ0v) is 21.3. The first kappa shape index (κ1) is 26.3. The first-order valence-electron chi connectivity index (χ1n) is 12.4. The summed E-state index contributed by atoms with van der Waals surface area (Å²) in [6.07, 6.45) is 3.11. The number of nitrogens with one attached hydrogen (secondary N) is 2. The van der Waals surface area contributed by atoms with Crippen molar-refractivity contribution in [3.8, 4) is 5.75 Å². The maximum Gasteiger partial charge on any atom is 0.233 e. The lowest BCUT2D eigenvalue weighted by Crippen LogP contribution is -2.40. The number of benzene rings is 2. The molecule has 3 aromatic rings. The summed E-state index contributed by atoms with van der Waals surface area (Å²) in [7, 11) is 1.56. The van der Waals surface area contributed by atoms with Crippen molar-refractivity contribution in [3.05, 3.63) is 48.5 Å². The van der Waals surface area contributed by atoms with Gasteiger partial charge in [0.05, 0.1) is 17.5 Å². The second-order valence-corrected chi connectivity index (χ2v) is 9.33. The molecule has 0 unspecified atom stereocenters. The number of hydrogen-bond acceptors (Lipinski definition) is 7. The Kier molecular flexibility index (Phi) is 8.50. The van der Waals surface area contributed by atoms with Crippen LogP contribution in [-0.4, -0.2) is 59.6 Å². The SMILES string of the molecule is COCCOc1cc(F)c2c(Nc3ccc(NC(=O)CC(=O)N4CCC[C@@H]4C(C)C)cc3)ncnc2c1. The number of likely N-dealkylation sites (tertiary alicyclic amines) is 1. The molecule has 0 saturated carbocycles. The highest BCUT2D eigenvalue weighted by molar-refractivity contribution is 6.03. The van der Waals surface area contributed by atoms with Gasteiger partial charge in [-0.1, -0.05) is 13.8 Å². The number of aromatic nitrogens is 2. The van der Waals surface area contributed by atoms with E-state index in [0.717, 1.165) is 12.8 Å². The van der Waals surface area contributed by atoms with Crippen molar-refractivity contribution in [2.75, 3.05) is 37.5 Å². The molecule has 1 saturated heterocycles. The number of amides is 2. The van der Waals surface area contributed by atoms with E-state index >= 15 is 0 Å². The van der Waals surface area contributed by atoms with Gasteiger partial charge in [-0.25, -0.2) is 14.4 Å². The lowest BCUT2D eigenvalue weighted by Gasteiger charge is -2.27. The molecule has 2 N–H and O–H groups in total. The van der Waals surface area contributed by atoms with Crippen molar-refractivity contribution in [3.63, 3.8) is 0 Å². The number of fused-ring (bicyclic) bond motifs is 1. The van der Waals surface area contributed by atoms with Gasteiger partial charge in [0.1, 0.15) is 36.7 Å². The minimum Gasteiger partial charge on any atom is -0.491 e. The molecule has 1 atom stereocenters. The van der Waals surface area contributed by atoms with E-state index in [4.69, 9.17) is 9.47 Å². The first-order valence-corrected chi connectivity index (χ1v) is 12.4. The number of nitrogens with zero attached hydrogens (tertiary/aromatic N) is 3. The van der Waals surface area contributed by atoms with E-state index < -0.39 is 5.82 Å². The standard InChI is InChI=1S/C27H32FN5O4/c1-17(2)23-5-4-10-33(23)25(35)15-24(34)31-18-6-8-19(9-7-18)32-27-26-21(28)13-20(37-12-11-36-3)14-22(26)29-16-30-27/h6-9,13-14,16-17,23H,4-5,10-12,15H2,1-3H3,(H,31,34)(H,29,30,32)/t23-/m1/s1. The zero-order chi connectivity index (χ0) is 26.4. The Hall–Kier alpha value is -3.79. The van der Waals surface area contributed by atoms with Crippen molar-refractivity contribution < 1.29 is 23.5 Å². The van der Waals surface area contributed by atoms with Gasteiger partial charge in [-0.3, -0.25) is 9.59 Å². The van der Waals surface area contributed by atoms with Crippen molar-refractivity contribution >= 4 is 39.9 Å². The third kappa shape index (κ3) is 6.51. The molecule has 196 valence electrons. The van der Waals surface area contributed by atoms with Gasteiger partial charge >= 0.3 is 0 Å². The van der Waals surface area contributed by atoms with Crippen molar-refractivity contribution in [1.29, 1.82) is 0 Å². The highest BCUT2D eigenvalue weighted by atomic mass is 19.1.